The molecule has 0 fully saturated rings. The third-order valence-electron chi connectivity index (χ3n) is 2.85. The molecule has 0 aliphatic carbocycles. The van der Waals surface area contributed by atoms with Gasteiger partial charge in [-0.1, -0.05) is 0 Å². The van der Waals surface area contributed by atoms with Crippen LogP contribution in [0.15, 0.2) is 0 Å². The Morgan fingerprint density at radius 3 is 1.00 bits per heavy atom. The van der Waals surface area contributed by atoms with Crippen molar-refractivity contribution in [2.45, 2.75) is 48.1 Å². The molecule has 0 saturated heterocycles. The Bertz CT molecular complexity index is 476. The maximum atomic E-state index is 13.0. The van der Waals surface area contributed by atoms with Crippen LogP contribution in [0.1, 0.15) is 6.42 Å². The maximum Gasteiger partial charge on any atom is 0.460 e. The highest BCUT2D eigenvalue weighted by Crippen LogP contribution is 2.62. The smallest absolute Gasteiger partial charge is 0.330 e. The summed E-state index contributed by atoms with van der Waals surface area (Å²) in [5.74, 6) is -46.1. The normalized spacial score (nSPS) is 16.3. The Morgan fingerprint density at radius 2 is 0.720 bits per heavy atom. The summed E-state index contributed by atoms with van der Waals surface area (Å²) >= 11 is 0. The second-order valence-electron chi connectivity index (χ2n) is 4.61. The lowest BCUT2D eigenvalue weighted by atomic mass is 9.90. The van der Waals surface area contributed by atoms with Gasteiger partial charge in [0.2, 0.25) is 0 Å². The molecule has 16 heteroatoms. The van der Waals surface area contributed by atoms with E-state index < -0.39 is 54.7 Å². The summed E-state index contributed by atoms with van der Waals surface area (Å²) in [6.45, 7) is -1.57. The van der Waals surface area contributed by atoms with E-state index in [2.05, 4.69) is 5.73 Å². The lowest BCUT2D eigenvalue weighted by Gasteiger charge is -2.41. The first kappa shape index (κ1) is 23.9. The molecular weight excluding hydrogens is 407 g/mol. The SMILES string of the molecule is NCCC(F)(F)C(F)(F)C(F)(F)C(F)(F)C(F)(F)C(F)(F)C(F)(F)F. The van der Waals surface area contributed by atoms with Gasteiger partial charge in [-0.15, -0.1) is 0 Å². The van der Waals surface area contributed by atoms with Gasteiger partial charge < -0.3 is 5.73 Å². The molecule has 0 aromatic heterocycles. The molecule has 0 aromatic carbocycles. The number of hydrogen-bond donors (Lipinski definition) is 1. The van der Waals surface area contributed by atoms with Crippen LogP contribution in [0.4, 0.5) is 65.9 Å². The standard InChI is InChI=1S/C9H6F15N/c10-3(11,1-2-25)4(12,13)5(14,15)6(16,17)7(18,19)8(20,21)9(22,23)24/h1-2,25H2. The summed E-state index contributed by atoms with van der Waals surface area (Å²) < 4.78 is 189. The molecule has 2 N–H and O–H groups in total. The average Bonchev–Trinajstić information content (AvgIpc) is 2.35. The lowest BCUT2D eigenvalue weighted by Crippen LogP contribution is -2.72. The summed E-state index contributed by atoms with van der Waals surface area (Å²) in [6.07, 6.45) is -10.1. The van der Waals surface area contributed by atoms with E-state index in [1.807, 2.05) is 0 Å². The lowest BCUT2D eigenvalue weighted by molar-refractivity contribution is -0.452. The molecule has 25 heavy (non-hydrogen) atoms. The molecule has 1 nitrogen and oxygen atoms in total. The van der Waals surface area contributed by atoms with Crippen LogP contribution in [-0.4, -0.2) is 48.3 Å². The quantitative estimate of drug-likeness (QED) is 0.602. The predicted molar refractivity (Wildman–Crippen MR) is 49.4 cm³/mol. The molecule has 0 atom stereocenters. The maximum absolute atomic E-state index is 13.0. The monoisotopic (exact) mass is 413 g/mol. The topological polar surface area (TPSA) is 26.0 Å². The molecule has 0 unspecified atom stereocenters. The van der Waals surface area contributed by atoms with E-state index in [1.165, 1.54) is 0 Å². The van der Waals surface area contributed by atoms with E-state index in [0.717, 1.165) is 0 Å². The zero-order valence-corrected chi connectivity index (χ0v) is 11.2. The minimum absolute atomic E-state index is 1.57. The first-order valence-electron chi connectivity index (χ1n) is 5.60. The van der Waals surface area contributed by atoms with Crippen molar-refractivity contribution in [3.8, 4) is 0 Å². The van der Waals surface area contributed by atoms with E-state index in [0.29, 0.717) is 0 Å². The highest BCUT2D eigenvalue weighted by atomic mass is 19.4. The van der Waals surface area contributed by atoms with Gasteiger partial charge in [-0.25, -0.2) is 0 Å². The summed E-state index contributed by atoms with van der Waals surface area (Å²) in [5, 5.41) is 0. The van der Waals surface area contributed by atoms with Crippen LogP contribution in [0.3, 0.4) is 0 Å². The number of halogens is 15. The molecule has 0 saturated carbocycles. The fraction of sp³-hybridized carbons (Fsp3) is 1.00. The molecule has 0 spiro atoms. The molecule has 0 radical (unpaired) electrons. The summed E-state index contributed by atoms with van der Waals surface area (Å²) in [6, 6.07) is 0. The summed E-state index contributed by atoms with van der Waals surface area (Å²) in [4.78, 5) is 0. The van der Waals surface area contributed by atoms with Gasteiger partial charge in [0.25, 0.3) is 0 Å². The highest BCUT2D eigenvalue weighted by Gasteiger charge is 2.93. The first-order valence-corrected chi connectivity index (χ1v) is 5.60. The Balaban J connectivity index is 6.40. The van der Waals surface area contributed by atoms with E-state index in [1.54, 1.807) is 0 Å². The molecule has 0 aliphatic heterocycles. The van der Waals surface area contributed by atoms with Crippen molar-refractivity contribution in [2.24, 2.45) is 5.73 Å². The van der Waals surface area contributed by atoms with Crippen molar-refractivity contribution >= 4 is 0 Å². The molecule has 0 amide bonds. The van der Waals surface area contributed by atoms with Gasteiger partial charge in [0.1, 0.15) is 0 Å². The molecule has 0 bridgehead atoms. The van der Waals surface area contributed by atoms with Crippen LogP contribution in [0.5, 0.6) is 0 Å². The molecule has 152 valence electrons. The largest absolute Gasteiger partial charge is 0.460 e. The van der Waals surface area contributed by atoms with Gasteiger partial charge in [0.15, 0.2) is 0 Å². The Kier molecular flexibility index (Phi) is 5.71. The first-order chi connectivity index (χ1) is 10.6. The minimum atomic E-state index is -8.24. The number of rotatable bonds is 7. The molecule has 0 heterocycles. The van der Waals surface area contributed by atoms with Crippen LogP contribution in [0.2, 0.25) is 0 Å². The van der Waals surface area contributed by atoms with Crippen LogP contribution in [0, 0.1) is 0 Å². The van der Waals surface area contributed by atoms with E-state index >= 15 is 0 Å². The molecule has 0 aromatic rings. The third kappa shape index (κ3) is 3.09. The zero-order valence-electron chi connectivity index (χ0n) is 11.2. The number of alkyl halides is 15. The van der Waals surface area contributed by atoms with Crippen molar-refractivity contribution in [3.05, 3.63) is 0 Å². The van der Waals surface area contributed by atoms with Crippen molar-refractivity contribution in [3.63, 3.8) is 0 Å². The second kappa shape index (κ2) is 5.97. The Morgan fingerprint density at radius 1 is 0.440 bits per heavy atom. The van der Waals surface area contributed by atoms with E-state index in [4.69, 9.17) is 0 Å². The van der Waals surface area contributed by atoms with E-state index in [-0.39, 0.29) is 0 Å². The summed E-state index contributed by atoms with van der Waals surface area (Å²) in [5.41, 5.74) is 4.31. The van der Waals surface area contributed by atoms with Crippen LogP contribution < -0.4 is 5.73 Å². The van der Waals surface area contributed by atoms with Crippen molar-refractivity contribution in [1.29, 1.82) is 0 Å². The minimum Gasteiger partial charge on any atom is -0.330 e. The number of nitrogens with two attached hydrogens (primary N) is 1. The Labute approximate surface area is 127 Å². The average molecular weight is 413 g/mol. The van der Waals surface area contributed by atoms with Crippen molar-refractivity contribution < 1.29 is 65.9 Å². The van der Waals surface area contributed by atoms with Gasteiger partial charge in [-0.3, -0.25) is 0 Å². The molecule has 0 rings (SSSR count). The second-order valence-corrected chi connectivity index (χ2v) is 4.61. The highest BCUT2D eigenvalue weighted by molar-refractivity contribution is 5.12. The van der Waals surface area contributed by atoms with Crippen LogP contribution >= 0.6 is 0 Å². The predicted octanol–water partition coefficient (Wildman–Crippen LogP) is 4.71. The fourth-order valence-electron chi connectivity index (χ4n) is 1.34. The van der Waals surface area contributed by atoms with Gasteiger partial charge in [0, 0.05) is 6.42 Å². The van der Waals surface area contributed by atoms with Gasteiger partial charge in [-0.2, -0.15) is 65.9 Å². The Hall–Kier alpha value is -1.09. The molecular formula is C9H6F15N. The zero-order chi connectivity index (χ0) is 20.9. The van der Waals surface area contributed by atoms with Gasteiger partial charge >= 0.3 is 41.7 Å². The van der Waals surface area contributed by atoms with Gasteiger partial charge in [-0.05, 0) is 6.54 Å². The third-order valence-corrected chi connectivity index (χ3v) is 2.85. The number of hydrogen-bond acceptors (Lipinski definition) is 1. The summed E-state index contributed by atoms with van der Waals surface area (Å²) in [7, 11) is 0. The van der Waals surface area contributed by atoms with Crippen LogP contribution in [-0.2, 0) is 0 Å². The van der Waals surface area contributed by atoms with Gasteiger partial charge in [0.05, 0.1) is 0 Å². The van der Waals surface area contributed by atoms with Crippen molar-refractivity contribution in [2.75, 3.05) is 6.54 Å². The fourth-order valence-corrected chi connectivity index (χ4v) is 1.34. The van der Waals surface area contributed by atoms with E-state index in [9.17, 15) is 65.9 Å². The van der Waals surface area contributed by atoms with Crippen molar-refractivity contribution in [1.82, 2.24) is 0 Å². The molecule has 0 aliphatic rings. The van der Waals surface area contributed by atoms with Crippen LogP contribution in [0.25, 0.3) is 0 Å².